The molecule has 0 fully saturated rings. The molecule has 0 spiro atoms. The number of aliphatic hydroxyl groups is 1. The number of hydrogen-bond acceptors (Lipinski definition) is 4. The molecule has 0 aromatic carbocycles. The summed E-state index contributed by atoms with van der Waals surface area (Å²) in [6, 6.07) is 0. The number of pyridine rings is 1. The van der Waals surface area contributed by atoms with Gasteiger partial charge in [0, 0.05) is 6.54 Å². The molecule has 0 saturated heterocycles. The number of halogens is 1. The zero-order chi connectivity index (χ0) is 11.6. The molecule has 1 aromatic rings. The Bertz CT molecular complexity index is 360. The Morgan fingerprint density at radius 1 is 1.60 bits per heavy atom. The van der Waals surface area contributed by atoms with Gasteiger partial charge in [0.05, 0.1) is 22.0 Å². The van der Waals surface area contributed by atoms with Crippen LogP contribution in [0.4, 0.5) is 11.5 Å². The first-order chi connectivity index (χ1) is 6.81. The first-order valence-corrected chi connectivity index (χ1v) is 5.47. The van der Waals surface area contributed by atoms with Crippen molar-refractivity contribution in [2.24, 2.45) is 0 Å². The maximum absolute atomic E-state index is 9.56. The third kappa shape index (κ3) is 3.35. The lowest BCUT2D eigenvalue weighted by Gasteiger charge is -2.19. The Kier molecular flexibility index (Phi) is 3.57. The normalized spacial score (nSPS) is 11.5. The summed E-state index contributed by atoms with van der Waals surface area (Å²) in [5.41, 5.74) is 6.53. The molecule has 0 aliphatic rings. The van der Waals surface area contributed by atoms with E-state index in [-0.39, 0.29) is 0 Å². The molecule has 1 aromatic heterocycles. The van der Waals surface area contributed by atoms with E-state index in [0.717, 1.165) is 10.0 Å². The highest BCUT2D eigenvalue weighted by Gasteiger charge is 2.14. The van der Waals surface area contributed by atoms with Crippen LogP contribution in [0.15, 0.2) is 10.7 Å². The van der Waals surface area contributed by atoms with E-state index in [1.165, 1.54) is 0 Å². The minimum Gasteiger partial charge on any atom is -0.397 e. The van der Waals surface area contributed by atoms with E-state index < -0.39 is 5.60 Å². The molecular formula is C10H16BrN3O. The quantitative estimate of drug-likeness (QED) is 0.787. The zero-order valence-corrected chi connectivity index (χ0v) is 10.7. The molecule has 0 atom stereocenters. The van der Waals surface area contributed by atoms with E-state index in [4.69, 9.17) is 5.73 Å². The molecule has 0 aliphatic heterocycles. The summed E-state index contributed by atoms with van der Waals surface area (Å²) in [5.74, 6) is 0.698. The molecule has 0 aliphatic carbocycles. The average Bonchev–Trinajstić information content (AvgIpc) is 2.12. The van der Waals surface area contributed by atoms with Gasteiger partial charge >= 0.3 is 0 Å². The van der Waals surface area contributed by atoms with E-state index in [9.17, 15) is 5.11 Å². The summed E-state index contributed by atoms with van der Waals surface area (Å²) in [7, 11) is 0. The fraction of sp³-hybridized carbons (Fsp3) is 0.500. The van der Waals surface area contributed by atoms with Crippen molar-refractivity contribution >= 4 is 27.4 Å². The SMILES string of the molecule is Cc1c(N)cnc(NCC(C)(C)O)c1Br. The fourth-order valence-electron chi connectivity index (χ4n) is 1.02. The molecule has 0 amide bonds. The maximum atomic E-state index is 9.56. The van der Waals surface area contributed by atoms with Gasteiger partial charge in [-0.1, -0.05) is 0 Å². The number of aromatic nitrogens is 1. The molecule has 0 radical (unpaired) electrons. The summed E-state index contributed by atoms with van der Waals surface area (Å²) < 4.78 is 0.840. The van der Waals surface area contributed by atoms with Gasteiger partial charge in [0.1, 0.15) is 5.82 Å². The van der Waals surface area contributed by atoms with Gasteiger partial charge in [-0.3, -0.25) is 0 Å². The highest BCUT2D eigenvalue weighted by molar-refractivity contribution is 9.10. The van der Waals surface area contributed by atoms with Gasteiger partial charge in [0.2, 0.25) is 0 Å². The van der Waals surface area contributed by atoms with Crippen LogP contribution in [0.2, 0.25) is 0 Å². The highest BCUT2D eigenvalue weighted by Crippen LogP contribution is 2.27. The van der Waals surface area contributed by atoms with Crippen molar-refractivity contribution in [2.75, 3.05) is 17.6 Å². The summed E-state index contributed by atoms with van der Waals surface area (Å²) in [4.78, 5) is 4.15. The lowest BCUT2D eigenvalue weighted by atomic mass is 10.1. The molecule has 4 nitrogen and oxygen atoms in total. The molecule has 0 saturated carbocycles. The Morgan fingerprint density at radius 3 is 2.73 bits per heavy atom. The summed E-state index contributed by atoms with van der Waals surface area (Å²) >= 11 is 3.41. The minimum atomic E-state index is -0.767. The molecule has 1 heterocycles. The van der Waals surface area contributed by atoms with E-state index in [0.29, 0.717) is 18.1 Å². The first-order valence-electron chi connectivity index (χ1n) is 4.68. The second-order valence-electron chi connectivity index (χ2n) is 4.17. The van der Waals surface area contributed by atoms with Gasteiger partial charge in [0.15, 0.2) is 0 Å². The lowest BCUT2D eigenvalue weighted by Crippen LogP contribution is -2.29. The first kappa shape index (κ1) is 12.3. The van der Waals surface area contributed by atoms with Crippen LogP contribution >= 0.6 is 15.9 Å². The Hall–Kier alpha value is -0.810. The van der Waals surface area contributed by atoms with Crippen molar-refractivity contribution in [3.63, 3.8) is 0 Å². The average molecular weight is 274 g/mol. The topological polar surface area (TPSA) is 71.2 Å². The standard InChI is InChI=1S/C10H16BrN3O/c1-6-7(12)4-13-9(8(6)11)14-5-10(2,3)15/h4,15H,5,12H2,1-3H3,(H,13,14). The van der Waals surface area contributed by atoms with Crippen molar-refractivity contribution in [2.45, 2.75) is 26.4 Å². The molecule has 1 rings (SSSR count). The van der Waals surface area contributed by atoms with Crippen molar-refractivity contribution in [3.8, 4) is 0 Å². The van der Waals surface area contributed by atoms with Crippen LogP contribution in [0.5, 0.6) is 0 Å². The molecule has 84 valence electrons. The number of hydrogen-bond donors (Lipinski definition) is 3. The number of nitrogens with two attached hydrogens (primary N) is 1. The molecule has 0 bridgehead atoms. The third-order valence-electron chi connectivity index (χ3n) is 1.99. The van der Waals surface area contributed by atoms with Crippen LogP contribution in [0.3, 0.4) is 0 Å². The van der Waals surface area contributed by atoms with Crippen molar-refractivity contribution in [1.29, 1.82) is 0 Å². The van der Waals surface area contributed by atoms with E-state index in [1.807, 2.05) is 6.92 Å². The largest absolute Gasteiger partial charge is 0.397 e. The molecule has 15 heavy (non-hydrogen) atoms. The van der Waals surface area contributed by atoms with Gasteiger partial charge < -0.3 is 16.2 Å². The van der Waals surface area contributed by atoms with Crippen LogP contribution in [0.25, 0.3) is 0 Å². The van der Waals surface area contributed by atoms with Crippen molar-refractivity contribution < 1.29 is 5.11 Å². The highest BCUT2D eigenvalue weighted by atomic mass is 79.9. The predicted octanol–water partition coefficient (Wildman–Crippen LogP) is 1.92. The van der Waals surface area contributed by atoms with Gasteiger partial charge in [-0.25, -0.2) is 4.98 Å². The van der Waals surface area contributed by atoms with Gasteiger partial charge in [-0.2, -0.15) is 0 Å². The smallest absolute Gasteiger partial charge is 0.140 e. The predicted molar refractivity (Wildman–Crippen MR) is 65.9 cm³/mol. The van der Waals surface area contributed by atoms with Gasteiger partial charge in [-0.15, -0.1) is 0 Å². The van der Waals surface area contributed by atoms with E-state index in [1.54, 1.807) is 20.0 Å². The zero-order valence-electron chi connectivity index (χ0n) is 9.13. The van der Waals surface area contributed by atoms with Crippen LogP contribution in [0.1, 0.15) is 19.4 Å². The Morgan fingerprint density at radius 2 is 2.20 bits per heavy atom. The van der Waals surface area contributed by atoms with Gasteiger partial charge in [-0.05, 0) is 42.3 Å². The molecular weight excluding hydrogens is 258 g/mol. The Balaban J connectivity index is 2.83. The third-order valence-corrected chi connectivity index (χ3v) is 2.96. The van der Waals surface area contributed by atoms with Crippen LogP contribution < -0.4 is 11.1 Å². The van der Waals surface area contributed by atoms with Crippen molar-refractivity contribution in [3.05, 3.63) is 16.2 Å². The molecule has 5 heteroatoms. The summed E-state index contributed by atoms with van der Waals surface area (Å²) in [6.45, 7) is 5.81. The number of nitrogens with one attached hydrogen (secondary N) is 1. The molecule has 0 unspecified atom stereocenters. The number of nitrogens with zero attached hydrogens (tertiary/aromatic N) is 1. The van der Waals surface area contributed by atoms with E-state index in [2.05, 4.69) is 26.2 Å². The molecule has 4 N–H and O–H groups in total. The maximum Gasteiger partial charge on any atom is 0.140 e. The van der Waals surface area contributed by atoms with Crippen LogP contribution in [-0.4, -0.2) is 22.2 Å². The van der Waals surface area contributed by atoms with Gasteiger partial charge in [0.25, 0.3) is 0 Å². The monoisotopic (exact) mass is 273 g/mol. The second kappa shape index (κ2) is 4.37. The number of anilines is 2. The number of nitrogen functional groups attached to an aromatic ring is 1. The Labute approximate surface area is 98.0 Å². The van der Waals surface area contributed by atoms with Crippen LogP contribution in [0, 0.1) is 6.92 Å². The van der Waals surface area contributed by atoms with Crippen LogP contribution in [-0.2, 0) is 0 Å². The van der Waals surface area contributed by atoms with E-state index >= 15 is 0 Å². The lowest BCUT2D eigenvalue weighted by molar-refractivity contribution is 0.0944. The second-order valence-corrected chi connectivity index (χ2v) is 4.96. The number of rotatable bonds is 3. The van der Waals surface area contributed by atoms with Crippen molar-refractivity contribution in [1.82, 2.24) is 4.98 Å². The minimum absolute atomic E-state index is 0.432. The summed E-state index contributed by atoms with van der Waals surface area (Å²) in [6.07, 6.45) is 1.60. The summed E-state index contributed by atoms with van der Waals surface area (Å²) in [5, 5.41) is 12.6. The fourth-order valence-corrected chi connectivity index (χ4v) is 1.49.